The van der Waals surface area contributed by atoms with Crippen molar-refractivity contribution in [1.29, 1.82) is 0 Å². The van der Waals surface area contributed by atoms with E-state index >= 15 is 0 Å². The van der Waals surface area contributed by atoms with E-state index in [0.29, 0.717) is 79.3 Å². The summed E-state index contributed by atoms with van der Waals surface area (Å²) in [6.45, 7) is 12.8. The molecule has 0 bridgehead atoms. The SMILES string of the molecule is COCCOCCOCCOc1ccc(-c2nc3c(C)ccc(C)c3nc2-c2ccc(COCCOCCOCCO)c(C[N+](C)(C)C)c2)cc1C. The van der Waals surface area contributed by atoms with Crippen LogP contribution in [0.15, 0.2) is 48.5 Å². The number of hydrogen-bond acceptors (Lipinski definition) is 10. The molecule has 0 spiro atoms. The Morgan fingerprint density at radius 1 is 0.558 bits per heavy atom. The Hall–Kier alpha value is -3.52. The average Bonchev–Trinajstić information content (AvgIpc) is 3.11. The highest BCUT2D eigenvalue weighted by Crippen LogP contribution is 2.36. The molecule has 11 nitrogen and oxygen atoms in total. The molecule has 3 aromatic carbocycles. The van der Waals surface area contributed by atoms with Gasteiger partial charge in [-0.1, -0.05) is 24.3 Å². The Morgan fingerprint density at radius 3 is 1.63 bits per heavy atom. The van der Waals surface area contributed by atoms with Crippen LogP contribution < -0.4 is 4.74 Å². The van der Waals surface area contributed by atoms with Crippen LogP contribution in [0.2, 0.25) is 0 Å². The molecule has 0 saturated heterocycles. The molecule has 0 fully saturated rings. The van der Waals surface area contributed by atoms with Crippen molar-refractivity contribution < 1.29 is 42.7 Å². The van der Waals surface area contributed by atoms with E-state index in [2.05, 4.69) is 84.4 Å². The van der Waals surface area contributed by atoms with Crippen LogP contribution in [0.5, 0.6) is 5.75 Å². The number of ether oxygens (including phenoxy) is 7. The van der Waals surface area contributed by atoms with Gasteiger partial charge in [-0.3, -0.25) is 0 Å². The number of aryl methyl sites for hydroxylation is 3. The average molecular weight is 721 g/mol. The standard InChI is InChI=1S/C41H58N3O8/c1-30-8-9-31(2)39-38(30)42-40(33-12-13-37(32(3)26-33)52-25-24-50-21-20-48-17-16-46-7)41(43-39)34-10-11-35(36(27-34)28-44(4,5)6)29-51-23-22-49-19-18-47-15-14-45/h8-13,26-27,45H,14-25,28-29H2,1-7H3/q+1. The summed E-state index contributed by atoms with van der Waals surface area (Å²) in [5.74, 6) is 0.807. The predicted molar refractivity (Wildman–Crippen MR) is 204 cm³/mol. The Morgan fingerprint density at radius 2 is 1.08 bits per heavy atom. The van der Waals surface area contributed by atoms with E-state index in [-0.39, 0.29) is 6.61 Å². The molecule has 4 aromatic rings. The van der Waals surface area contributed by atoms with E-state index in [9.17, 15) is 0 Å². The molecule has 52 heavy (non-hydrogen) atoms. The van der Waals surface area contributed by atoms with E-state index in [1.165, 1.54) is 5.56 Å². The topological polar surface area (TPSA) is 111 Å². The maximum atomic E-state index is 8.83. The summed E-state index contributed by atoms with van der Waals surface area (Å²) >= 11 is 0. The molecule has 0 atom stereocenters. The molecule has 1 heterocycles. The highest BCUT2D eigenvalue weighted by molar-refractivity contribution is 5.89. The van der Waals surface area contributed by atoms with Gasteiger partial charge in [0.15, 0.2) is 0 Å². The number of hydrogen-bond donors (Lipinski definition) is 1. The fraction of sp³-hybridized carbons (Fsp3) is 0.512. The lowest BCUT2D eigenvalue weighted by molar-refractivity contribution is -0.884. The number of nitrogens with zero attached hydrogens (tertiary/aromatic N) is 3. The molecule has 0 radical (unpaired) electrons. The number of quaternary nitrogens is 1. The van der Waals surface area contributed by atoms with Gasteiger partial charge in [0.05, 0.1) is 123 Å². The van der Waals surface area contributed by atoms with Gasteiger partial charge in [0.1, 0.15) is 18.9 Å². The summed E-state index contributed by atoms with van der Waals surface area (Å²) < 4.78 is 39.8. The number of aromatic nitrogens is 2. The number of rotatable bonds is 24. The highest BCUT2D eigenvalue weighted by Gasteiger charge is 2.20. The zero-order valence-corrected chi connectivity index (χ0v) is 32.2. The molecule has 0 saturated carbocycles. The molecule has 0 amide bonds. The zero-order valence-electron chi connectivity index (χ0n) is 32.2. The summed E-state index contributed by atoms with van der Waals surface area (Å²) in [7, 11) is 8.22. The third kappa shape index (κ3) is 12.9. The molecule has 284 valence electrons. The third-order valence-corrected chi connectivity index (χ3v) is 8.33. The van der Waals surface area contributed by atoms with Crippen molar-refractivity contribution in [3.8, 4) is 28.3 Å². The Bertz CT molecular complexity index is 1690. The van der Waals surface area contributed by atoms with Gasteiger partial charge in [0.25, 0.3) is 0 Å². The van der Waals surface area contributed by atoms with Crippen LogP contribution in [0.25, 0.3) is 33.5 Å². The van der Waals surface area contributed by atoms with Crippen LogP contribution in [-0.2, 0) is 41.6 Å². The van der Waals surface area contributed by atoms with E-state index in [4.69, 9.17) is 48.2 Å². The normalized spacial score (nSPS) is 11.8. The van der Waals surface area contributed by atoms with E-state index in [0.717, 1.165) is 72.6 Å². The Balaban J connectivity index is 1.56. The molecule has 11 heteroatoms. The smallest absolute Gasteiger partial charge is 0.122 e. The second-order valence-corrected chi connectivity index (χ2v) is 13.8. The minimum atomic E-state index is 0.0126. The fourth-order valence-electron chi connectivity index (χ4n) is 5.69. The molecule has 1 N–H and O–H groups in total. The van der Waals surface area contributed by atoms with Crippen LogP contribution in [0.3, 0.4) is 0 Å². The zero-order chi connectivity index (χ0) is 37.3. The number of aliphatic hydroxyl groups is 1. The van der Waals surface area contributed by atoms with Crippen molar-refractivity contribution in [2.45, 2.75) is 33.9 Å². The van der Waals surface area contributed by atoms with Gasteiger partial charge in [-0.05, 0) is 67.3 Å². The van der Waals surface area contributed by atoms with Crippen molar-refractivity contribution in [3.05, 3.63) is 76.3 Å². The molecule has 4 rings (SSSR count). The lowest BCUT2D eigenvalue weighted by Gasteiger charge is -2.26. The lowest BCUT2D eigenvalue weighted by Crippen LogP contribution is -2.33. The van der Waals surface area contributed by atoms with Gasteiger partial charge < -0.3 is 42.7 Å². The summed E-state index contributed by atoms with van der Waals surface area (Å²) in [6, 6.07) is 16.9. The van der Waals surface area contributed by atoms with Crippen LogP contribution in [0, 0.1) is 20.8 Å². The largest absolute Gasteiger partial charge is 0.491 e. The Kier molecular flexibility index (Phi) is 16.9. The van der Waals surface area contributed by atoms with Crippen molar-refractivity contribution in [3.63, 3.8) is 0 Å². The first-order valence-corrected chi connectivity index (χ1v) is 18.0. The minimum Gasteiger partial charge on any atom is -0.491 e. The first kappa shape index (κ1) is 41.2. The minimum absolute atomic E-state index is 0.0126. The summed E-state index contributed by atoms with van der Waals surface area (Å²) in [6.07, 6.45) is 0. The number of aliphatic hydroxyl groups excluding tert-OH is 1. The second kappa shape index (κ2) is 21.2. The highest BCUT2D eigenvalue weighted by atomic mass is 16.6. The van der Waals surface area contributed by atoms with E-state index < -0.39 is 0 Å². The first-order valence-electron chi connectivity index (χ1n) is 18.0. The van der Waals surface area contributed by atoms with Crippen LogP contribution >= 0.6 is 0 Å². The summed E-state index contributed by atoms with van der Waals surface area (Å²) in [5, 5.41) is 8.83. The molecule has 0 aliphatic rings. The number of fused-ring (bicyclic) bond motifs is 1. The van der Waals surface area contributed by atoms with Crippen LogP contribution in [-0.4, -0.2) is 127 Å². The van der Waals surface area contributed by atoms with Gasteiger partial charge in [-0.15, -0.1) is 0 Å². The monoisotopic (exact) mass is 720 g/mol. The number of benzene rings is 3. The fourth-order valence-corrected chi connectivity index (χ4v) is 5.69. The van der Waals surface area contributed by atoms with Gasteiger partial charge in [-0.25, -0.2) is 9.97 Å². The van der Waals surface area contributed by atoms with Gasteiger partial charge in [-0.2, -0.15) is 0 Å². The van der Waals surface area contributed by atoms with Gasteiger partial charge in [0.2, 0.25) is 0 Å². The molecule has 0 aliphatic heterocycles. The predicted octanol–water partition coefficient (Wildman–Crippen LogP) is 5.70. The van der Waals surface area contributed by atoms with E-state index in [1.54, 1.807) is 7.11 Å². The van der Waals surface area contributed by atoms with Gasteiger partial charge >= 0.3 is 0 Å². The van der Waals surface area contributed by atoms with Crippen molar-refractivity contribution >= 4 is 11.0 Å². The molecule has 0 aliphatic carbocycles. The Labute approximate surface area is 309 Å². The maximum Gasteiger partial charge on any atom is 0.122 e. The molecule has 0 unspecified atom stereocenters. The number of methoxy groups -OCH3 is 1. The van der Waals surface area contributed by atoms with Crippen LogP contribution in [0.1, 0.15) is 27.8 Å². The van der Waals surface area contributed by atoms with Crippen molar-refractivity contribution in [2.24, 2.45) is 0 Å². The van der Waals surface area contributed by atoms with Crippen molar-refractivity contribution in [1.82, 2.24) is 9.97 Å². The summed E-state index contributed by atoms with van der Waals surface area (Å²) in [5.41, 5.74) is 11.0. The summed E-state index contributed by atoms with van der Waals surface area (Å²) in [4.78, 5) is 10.6. The van der Waals surface area contributed by atoms with E-state index in [1.807, 2.05) is 6.07 Å². The molecule has 1 aromatic heterocycles. The van der Waals surface area contributed by atoms with Crippen molar-refractivity contribution in [2.75, 3.05) is 108 Å². The molecular formula is C41H58N3O8+. The third-order valence-electron chi connectivity index (χ3n) is 8.33. The lowest BCUT2D eigenvalue weighted by atomic mass is 9.97. The molecular weight excluding hydrogens is 662 g/mol. The first-order chi connectivity index (χ1) is 25.1. The quantitative estimate of drug-likeness (QED) is 0.0716. The maximum absolute atomic E-state index is 8.83. The second-order valence-electron chi connectivity index (χ2n) is 13.8. The van der Waals surface area contributed by atoms with Crippen LogP contribution in [0.4, 0.5) is 0 Å². The van der Waals surface area contributed by atoms with Gasteiger partial charge in [0, 0.05) is 23.8 Å².